The third-order valence-corrected chi connectivity index (χ3v) is 29.4. The molecular formula is C30H48S3Sn2. The Balaban J connectivity index is 1.93. The van der Waals surface area contributed by atoms with Gasteiger partial charge in [0.1, 0.15) is 0 Å². The predicted octanol–water partition coefficient (Wildman–Crippen LogP) is 10.5. The first-order valence-electron chi connectivity index (χ1n) is 13.9. The molecule has 0 fully saturated rings. The second-order valence-corrected chi connectivity index (χ2v) is 46.2. The molecule has 3 aromatic rings. The van der Waals surface area contributed by atoms with Gasteiger partial charge in [-0.05, 0) is 0 Å². The minimum absolute atomic E-state index is 1.26. The van der Waals surface area contributed by atoms with Gasteiger partial charge in [-0.25, -0.2) is 0 Å². The summed E-state index contributed by atoms with van der Waals surface area (Å²) in [4.78, 5) is 21.6. The first-order valence-corrected chi connectivity index (χ1v) is 36.3. The van der Waals surface area contributed by atoms with Crippen LogP contribution in [0.3, 0.4) is 0 Å². The topological polar surface area (TPSA) is 0 Å². The van der Waals surface area contributed by atoms with Crippen molar-refractivity contribution in [3.05, 3.63) is 35.4 Å². The first-order chi connectivity index (χ1) is 16.5. The van der Waals surface area contributed by atoms with Gasteiger partial charge in [0, 0.05) is 0 Å². The number of unbranched alkanes of at least 4 members (excludes halogenated alkanes) is 6. The van der Waals surface area contributed by atoms with Crippen molar-refractivity contribution in [3.8, 4) is 19.5 Å². The van der Waals surface area contributed by atoms with Crippen LogP contribution >= 0.6 is 34.0 Å². The van der Waals surface area contributed by atoms with Crippen molar-refractivity contribution < 1.29 is 0 Å². The summed E-state index contributed by atoms with van der Waals surface area (Å²) >= 11 is 2.19. The molecule has 0 N–H and O–H groups in total. The van der Waals surface area contributed by atoms with Gasteiger partial charge in [-0.3, -0.25) is 0 Å². The maximum absolute atomic E-state index is 2.62. The van der Waals surface area contributed by atoms with Crippen molar-refractivity contribution in [2.75, 3.05) is 0 Å². The van der Waals surface area contributed by atoms with Gasteiger partial charge in [0.25, 0.3) is 0 Å². The number of hydrogen-bond donors (Lipinski definition) is 0. The molecular weight excluding hydrogens is 694 g/mol. The van der Waals surface area contributed by atoms with Gasteiger partial charge in [0.15, 0.2) is 0 Å². The van der Waals surface area contributed by atoms with E-state index in [1.165, 1.54) is 74.0 Å². The molecule has 0 aliphatic heterocycles. The number of thiophene rings is 3. The van der Waals surface area contributed by atoms with Gasteiger partial charge in [-0.2, -0.15) is 0 Å². The van der Waals surface area contributed by atoms with Gasteiger partial charge in [0.05, 0.1) is 0 Å². The normalized spacial score (nSPS) is 12.6. The number of rotatable bonds is 14. The Labute approximate surface area is 236 Å². The fraction of sp³-hybridized carbons (Fsp3) is 0.600. The van der Waals surface area contributed by atoms with Crippen LogP contribution in [0.4, 0.5) is 0 Å². The molecule has 0 spiro atoms. The SMILES string of the molecule is CCCCCCc1c[c]([Sn]([CH3])([CH3])[CH3])sc1-c1ccc(-c2s[c]([Sn]([CH3])([CH3])[CH3])cc2CCCCCC)s1. The Morgan fingerprint density at radius 3 is 1.29 bits per heavy atom. The van der Waals surface area contributed by atoms with Crippen LogP contribution in [0.25, 0.3) is 19.5 Å². The van der Waals surface area contributed by atoms with Crippen molar-refractivity contribution in [2.24, 2.45) is 0 Å². The number of aryl methyl sites for hydroxylation is 2. The molecule has 0 saturated carbocycles. The molecule has 3 rings (SSSR count). The molecule has 0 unspecified atom stereocenters. The van der Waals surface area contributed by atoms with E-state index in [9.17, 15) is 0 Å². The van der Waals surface area contributed by atoms with Gasteiger partial charge in [-0.1, -0.05) is 0 Å². The van der Waals surface area contributed by atoms with E-state index < -0.39 is 36.8 Å². The molecule has 0 amide bonds. The summed E-state index contributed by atoms with van der Waals surface area (Å²) in [6.07, 6.45) is 13.3. The maximum atomic E-state index is 2.62. The molecule has 194 valence electrons. The molecule has 5 heteroatoms. The van der Waals surface area contributed by atoms with Crippen molar-refractivity contribution in [1.29, 1.82) is 0 Å². The monoisotopic (exact) mass is 744 g/mol. The molecule has 0 atom stereocenters. The zero-order valence-corrected chi connectivity index (χ0v) is 31.8. The van der Waals surface area contributed by atoms with E-state index in [2.05, 4.69) is 102 Å². The molecule has 3 aromatic heterocycles. The van der Waals surface area contributed by atoms with E-state index in [4.69, 9.17) is 0 Å². The average Bonchev–Trinajstić information content (AvgIpc) is 3.51. The van der Waals surface area contributed by atoms with Crippen LogP contribution in [0, 0.1) is 0 Å². The Morgan fingerprint density at radius 2 is 0.943 bits per heavy atom. The third kappa shape index (κ3) is 8.59. The summed E-state index contributed by atoms with van der Waals surface area (Å²) in [6, 6.07) is 10.1. The molecule has 0 aromatic carbocycles. The summed E-state index contributed by atoms with van der Waals surface area (Å²) in [5, 5.41) is 0. The molecule has 0 aliphatic carbocycles. The van der Waals surface area contributed by atoms with E-state index in [1.54, 1.807) is 26.7 Å². The Hall–Kier alpha value is 0.697. The van der Waals surface area contributed by atoms with E-state index in [1.807, 2.05) is 0 Å². The Bertz CT molecular complexity index is 974. The zero-order valence-electron chi connectivity index (χ0n) is 23.6. The molecule has 3 heterocycles. The molecule has 0 nitrogen and oxygen atoms in total. The molecule has 0 radical (unpaired) electrons. The van der Waals surface area contributed by atoms with Crippen molar-refractivity contribution in [3.63, 3.8) is 0 Å². The van der Waals surface area contributed by atoms with Gasteiger partial charge >= 0.3 is 239 Å². The molecule has 0 aliphatic rings. The molecule has 35 heavy (non-hydrogen) atoms. The summed E-state index contributed by atoms with van der Waals surface area (Å²) < 4.78 is 3.48. The quantitative estimate of drug-likeness (QED) is 0.114. The standard InChI is InChI=1S/C24H30S3.6CH3.2Sn/c1-3-5-7-9-11-19-15-17-25-23(19)21-13-14-22(27-21)24-20(16-18-26-24)12-10-8-6-4-2;;;;;;;;/h13-16H,3-12H2,1-2H3;6*1H3;;. The second kappa shape index (κ2) is 13.7. The van der Waals surface area contributed by atoms with Crippen molar-refractivity contribution in [1.82, 2.24) is 0 Å². The summed E-state index contributed by atoms with van der Waals surface area (Å²) in [5.41, 5.74) is 3.28. The van der Waals surface area contributed by atoms with Crippen LogP contribution in [0.2, 0.25) is 29.6 Å². The number of hydrogen-bond acceptors (Lipinski definition) is 3. The molecule has 0 bridgehead atoms. The molecule has 0 saturated heterocycles. The second-order valence-electron chi connectivity index (χ2n) is 12.2. The minimum atomic E-state index is -2.08. The van der Waals surface area contributed by atoms with Crippen LogP contribution in [-0.4, -0.2) is 36.8 Å². The fourth-order valence-electron chi connectivity index (χ4n) is 4.45. The van der Waals surface area contributed by atoms with E-state index in [0.717, 1.165) is 0 Å². The van der Waals surface area contributed by atoms with Crippen LogP contribution < -0.4 is 5.79 Å². The zero-order chi connectivity index (χ0) is 25.6. The summed E-state index contributed by atoms with van der Waals surface area (Å²) in [5.74, 6) is 0. The average molecular weight is 742 g/mol. The Kier molecular flexibility index (Phi) is 11.8. The van der Waals surface area contributed by atoms with Crippen LogP contribution in [-0.2, 0) is 12.8 Å². The van der Waals surface area contributed by atoms with Crippen LogP contribution in [0.5, 0.6) is 0 Å². The first kappa shape index (κ1) is 30.2. The summed E-state index contributed by atoms with van der Waals surface area (Å²) in [6.45, 7) is 4.62. The van der Waals surface area contributed by atoms with Crippen molar-refractivity contribution in [2.45, 2.75) is 108 Å². The predicted molar refractivity (Wildman–Crippen MR) is 173 cm³/mol. The van der Waals surface area contributed by atoms with Crippen LogP contribution in [0.1, 0.15) is 76.3 Å². The third-order valence-electron chi connectivity index (χ3n) is 6.75. The van der Waals surface area contributed by atoms with Crippen molar-refractivity contribution >= 4 is 76.6 Å². The fourth-order valence-corrected chi connectivity index (χ4v) is 18.7. The van der Waals surface area contributed by atoms with E-state index in [-0.39, 0.29) is 0 Å². The van der Waals surface area contributed by atoms with Gasteiger partial charge in [0.2, 0.25) is 0 Å². The van der Waals surface area contributed by atoms with Gasteiger partial charge < -0.3 is 0 Å². The Morgan fingerprint density at radius 1 is 0.543 bits per heavy atom. The van der Waals surface area contributed by atoms with E-state index >= 15 is 0 Å². The van der Waals surface area contributed by atoms with E-state index in [0.29, 0.717) is 0 Å². The van der Waals surface area contributed by atoms with Crippen LogP contribution in [0.15, 0.2) is 24.3 Å². The van der Waals surface area contributed by atoms with Gasteiger partial charge in [-0.15, -0.1) is 0 Å². The summed E-state index contributed by atoms with van der Waals surface area (Å²) in [7, 11) is 0.